The fraction of sp³-hybridized carbons (Fsp3) is 0.727. The van der Waals surface area contributed by atoms with Gasteiger partial charge in [-0.15, -0.1) is 0 Å². The minimum Gasteiger partial charge on any atom is -0.382 e. The summed E-state index contributed by atoms with van der Waals surface area (Å²) in [5, 5.41) is 4.22. The van der Waals surface area contributed by atoms with Gasteiger partial charge in [-0.25, -0.2) is 0 Å². The van der Waals surface area contributed by atoms with E-state index < -0.39 is 0 Å². The predicted octanol–water partition coefficient (Wildman–Crippen LogP) is -0.0596. The molecule has 0 saturated carbocycles. The third-order valence-electron chi connectivity index (χ3n) is 2.48. The molecule has 1 unspecified atom stereocenters. The number of hydrazine groups is 1. The van der Waals surface area contributed by atoms with Gasteiger partial charge < -0.3 is 9.47 Å². The number of hydrogen-bond acceptors (Lipinski definition) is 5. The summed E-state index contributed by atoms with van der Waals surface area (Å²) in [5.41, 5.74) is 3.91. The zero-order valence-electron chi connectivity index (χ0n) is 10.6. The summed E-state index contributed by atoms with van der Waals surface area (Å²) in [7, 11) is 1.65. The van der Waals surface area contributed by atoms with E-state index in [0.717, 1.165) is 18.5 Å². The summed E-state index contributed by atoms with van der Waals surface area (Å²) in [6.07, 6.45) is 4.70. The van der Waals surface area contributed by atoms with Crippen molar-refractivity contribution in [3.05, 3.63) is 18.0 Å². The summed E-state index contributed by atoms with van der Waals surface area (Å²) in [6, 6.07) is 0.0985. The molecule has 6 heteroatoms. The monoisotopic (exact) mass is 242 g/mol. The Morgan fingerprint density at radius 3 is 2.94 bits per heavy atom. The van der Waals surface area contributed by atoms with Crippen LogP contribution < -0.4 is 11.3 Å². The van der Waals surface area contributed by atoms with Crippen LogP contribution in [0.2, 0.25) is 0 Å². The fourth-order valence-electron chi connectivity index (χ4n) is 1.50. The van der Waals surface area contributed by atoms with Crippen molar-refractivity contribution in [1.82, 2.24) is 15.2 Å². The maximum atomic E-state index is 5.49. The molecule has 1 heterocycles. The van der Waals surface area contributed by atoms with Crippen molar-refractivity contribution in [1.29, 1.82) is 0 Å². The zero-order chi connectivity index (χ0) is 12.5. The van der Waals surface area contributed by atoms with E-state index in [1.807, 2.05) is 17.1 Å². The molecule has 0 amide bonds. The quantitative estimate of drug-likeness (QED) is 0.360. The highest BCUT2D eigenvalue weighted by Gasteiger charge is 2.09. The molecule has 1 aromatic heterocycles. The van der Waals surface area contributed by atoms with Crippen LogP contribution in [0.1, 0.15) is 12.5 Å². The molecule has 0 saturated heterocycles. The van der Waals surface area contributed by atoms with Gasteiger partial charge in [0.05, 0.1) is 26.0 Å². The normalized spacial score (nSPS) is 12.9. The molecular formula is C11H22N4O2. The average molecular weight is 242 g/mol. The summed E-state index contributed by atoms with van der Waals surface area (Å²) in [4.78, 5) is 0. The van der Waals surface area contributed by atoms with E-state index in [9.17, 15) is 0 Å². The number of aromatic nitrogens is 2. The maximum absolute atomic E-state index is 5.49. The lowest BCUT2D eigenvalue weighted by atomic mass is 10.1. The molecule has 0 aliphatic carbocycles. The Labute approximate surface area is 102 Å². The van der Waals surface area contributed by atoms with Crippen LogP contribution in [-0.4, -0.2) is 42.8 Å². The van der Waals surface area contributed by atoms with E-state index in [4.69, 9.17) is 15.3 Å². The van der Waals surface area contributed by atoms with Crippen LogP contribution in [0, 0.1) is 0 Å². The van der Waals surface area contributed by atoms with Gasteiger partial charge >= 0.3 is 0 Å². The van der Waals surface area contributed by atoms with Crippen molar-refractivity contribution in [2.75, 3.05) is 26.9 Å². The Morgan fingerprint density at radius 1 is 1.53 bits per heavy atom. The van der Waals surface area contributed by atoms with E-state index in [1.165, 1.54) is 0 Å². The van der Waals surface area contributed by atoms with Crippen LogP contribution >= 0.6 is 0 Å². The Balaban J connectivity index is 2.30. The molecule has 0 fully saturated rings. The van der Waals surface area contributed by atoms with E-state index in [1.54, 1.807) is 7.11 Å². The van der Waals surface area contributed by atoms with E-state index in [0.29, 0.717) is 19.8 Å². The van der Waals surface area contributed by atoms with Gasteiger partial charge in [0.1, 0.15) is 0 Å². The molecule has 0 aliphatic rings. The van der Waals surface area contributed by atoms with Crippen molar-refractivity contribution in [2.45, 2.75) is 25.9 Å². The Bertz CT molecular complexity index is 303. The molecule has 1 rings (SSSR count). The molecule has 0 radical (unpaired) electrons. The lowest BCUT2D eigenvalue weighted by Gasteiger charge is -2.14. The molecule has 3 N–H and O–H groups in total. The van der Waals surface area contributed by atoms with E-state index >= 15 is 0 Å². The Morgan fingerprint density at radius 2 is 2.35 bits per heavy atom. The minimum absolute atomic E-state index is 0.0985. The lowest BCUT2D eigenvalue weighted by Crippen LogP contribution is -2.40. The summed E-state index contributed by atoms with van der Waals surface area (Å²) in [6.45, 7) is 4.69. The fourth-order valence-corrected chi connectivity index (χ4v) is 1.50. The van der Waals surface area contributed by atoms with Gasteiger partial charge in [0.2, 0.25) is 0 Å². The van der Waals surface area contributed by atoms with Crippen LogP contribution in [0.5, 0.6) is 0 Å². The summed E-state index contributed by atoms with van der Waals surface area (Å²) >= 11 is 0. The summed E-state index contributed by atoms with van der Waals surface area (Å²) in [5.74, 6) is 5.49. The first-order chi connectivity index (χ1) is 8.30. The number of hydrogen-bond donors (Lipinski definition) is 2. The first-order valence-electron chi connectivity index (χ1n) is 5.84. The number of nitrogens with zero attached hydrogens (tertiary/aromatic N) is 2. The highest BCUT2D eigenvalue weighted by molar-refractivity contribution is 5.06. The van der Waals surface area contributed by atoms with Crippen molar-refractivity contribution in [3.8, 4) is 0 Å². The number of nitrogens with two attached hydrogens (primary N) is 1. The largest absolute Gasteiger partial charge is 0.382 e. The molecule has 6 nitrogen and oxygen atoms in total. The van der Waals surface area contributed by atoms with E-state index in [2.05, 4.69) is 17.4 Å². The van der Waals surface area contributed by atoms with Gasteiger partial charge in [0, 0.05) is 25.9 Å². The third kappa shape index (κ3) is 5.27. The Kier molecular flexibility index (Phi) is 6.80. The zero-order valence-corrected chi connectivity index (χ0v) is 10.6. The number of nitrogens with one attached hydrogen (secondary N) is 1. The van der Waals surface area contributed by atoms with Gasteiger partial charge in [-0.2, -0.15) is 5.10 Å². The molecule has 0 aromatic carbocycles. The highest BCUT2D eigenvalue weighted by Crippen LogP contribution is 2.02. The molecule has 0 aliphatic heterocycles. The molecule has 1 aromatic rings. The second-order valence-corrected chi connectivity index (χ2v) is 3.84. The molecule has 98 valence electrons. The second-order valence-electron chi connectivity index (χ2n) is 3.84. The second kappa shape index (κ2) is 8.19. The first-order valence-corrected chi connectivity index (χ1v) is 5.84. The maximum Gasteiger partial charge on any atom is 0.0701 e. The number of rotatable bonds is 9. The third-order valence-corrected chi connectivity index (χ3v) is 2.48. The van der Waals surface area contributed by atoms with Crippen molar-refractivity contribution in [2.24, 2.45) is 5.84 Å². The molecule has 0 spiro atoms. The molecule has 0 bridgehead atoms. The van der Waals surface area contributed by atoms with Gasteiger partial charge in [-0.1, -0.05) is 0 Å². The van der Waals surface area contributed by atoms with Crippen LogP contribution in [-0.2, 0) is 22.4 Å². The SMILES string of the molecule is CCn1cc(CC(COCCOC)NN)cn1. The van der Waals surface area contributed by atoms with Crippen LogP contribution in [0.25, 0.3) is 0 Å². The van der Waals surface area contributed by atoms with Crippen molar-refractivity contribution >= 4 is 0 Å². The smallest absolute Gasteiger partial charge is 0.0701 e. The van der Waals surface area contributed by atoms with Crippen molar-refractivity contribution in [3.63, 3.8) is 0 Å². The molecule has 17 heavy (non-hydrogen) atoms. The average Bonchev–Trinajstić information content (AvgIpc) is 2.80. The van der Waals surface area contributed by atoms with Crippen LogP contribution in [0.15, 0.2) is 12.4 Å². The molecular weight excluding hydrogens is 220 g/mol. The van der Waals surface area contributed by atoms with Gasteiger partial charge in [-0.3, -0.25) is 16.0 Å². The van der Waals surface area contributed by atoms with Gasteiger partial charge in [0.15, 0.2) is 0 Å². The van der Waals surface area contributed by atoms with Crippen LogP contribution in [0.3, 0.4) is 0 Å². The lowest BCUT2D eigenvalue weighted by molar-refractivity contribution is 0.0587. The van der Waals surface area contributed by atoms with E-state index in [-0.39, 0.29) is 6.04 Å². The highest BCUT2D eigenvalue weighted by atomic mass is 16.5. The first kappa shape index (κ1) is 14.1. The van der Waals surface area contributed by atoms with Crippen molar-refractivity contribution < 1.29 is 9.47 Å². The van der Waals surface area contributed by atoms with Gasteiger partial charge in [0.25, 0.3) is 0 Å². The van der Waals surface area contributed by atoms with Gasteiger partial charge in [-0.05, 0) is 18.9 Å². The number of ether oxygens (including phenoxy) is 2. The Hall–Kier alpha value is -0.950. The van der Waals surface area contributed by atoms with Crippen LogP contribution in [0.4, 0.5) is 0 Å². The molecule has 1 atom stereocenters. The predicted molar refractivity (Wildman–Crippen MR) is 65.4 cm³/mol. The minimum atomic E-state index is 0.0985. The number of aryl methyl sites for hydroxylation is 1. The standard InChI is InChI=1S/C11H22N4O2/c1-3-15-8-10(7-13-15)6-11(14-12)9-17-5-4-16-2/h7-8,11,14H,3-6,9,12H2,1-2H3. The topological polar surface area (TPSA) is 74.3 Å². The number of methoxy groups -OCH3 is 1. The summed E-state index contributed by atoms with van der Waals surface area (Å²) < 4.78 is 12.2.